The second kappa shape index (κ2) is 3.31. The lowest BCUT2D eigenvalue weighted by molar-refractivity contribution is -0.166. The number of ether oxygens (including phenoxy) is 1. The van der Waals surface area contributed by atoms with Crippen LogP contribution in [-0.4, -0.2) is 45.6 Å². The average Bonchev–Trinajstić information content (AvgIpc) is 2.69. The first kappa shape index (κ1) is 9.94. The number of carboxylic acids is 2. The Labute approximate surface area is 73.7 Å². The highest BCUT2D eigenvalue weighted by Crippen LogP contribution is 2.25. The summed E-state index contributed by atoms with van der Waals surface area (Å²) in [7, 11) is 0. The molecule has 1 saturated heterocycles. The molecule has 1 aliphatic heterocycles. The van der Waals surface area contributed by atoms with E-state index < -0.39 is 24.0 Å². The van der Waals surface area contributed by atoms with E-state index in [9.17, 15) is 14.7 Å². The monoisotopic (exact) mass is 190 g/mol. The summed E-state index contributed by atoms with van der Waals surface area (Å²) in [6, 6.07) is 0. The summed E-state index contributed by atoms with van der Waals surface area (Å²) in [6.07, 6.45) is -1.29. The third-order valence-electron chi connectivity index (χ3n) is 1.81. The molecule has 3 N–H and O–H groups in total. The molecule has 0 spiro atoms. The van der Waals surface area contributed by atoms with Gasteiger partial charge in [0.2, 0.25) is 0 Å². The Kier molecular flexibility index (Phi) is 2.53. The van der Waals surface area contributed by atoms with Crippen molar-refractivity contribution in [3.05, 3.63) is 0 Å². The topological polar surface area (TPSA) is 107 Å². The van der Waals surface area contributed by atoms with Crippen LogP contribution in [0, 0.1) is 0 Å². The Morgan fingerprint density at radius 3 is 2.31 bits per heavy atom. The minimum atomic E-state index is -2.20. The van der Waals surface area contributed by atoms with Gasteiger partial charge >= 0.3 is 11.9 Å². The van der Waals surface area contributed by atoms with Gasteiger partial charge < -0.3 is 20.1 Å². The van der Waals surface area contributed by atoms with Gasteiger partial charge in [0.05, 0.1) is 19.1 Å². The molecule has 1 fully saturated rings. The zero-order valence-corrected chi connectivity index (χ0v) is 6.77. The third-order valence-corrected chi connectivity index (χ3v) is 1.81. The summed E-state index contributed by atoms with van der Waals surface area (Å²) in [4.78, 5) is 20.8. The van der Waals surface area contributed by atoms with E-state index in [1.807, 2.05) is 0 Å². The fourth-order valence-corrected chi connectivity index (χ4v) is 1.05. The number of carboxylic acid groups (broad SMARTS) is 2. The van der Waals surface area contributed by atoms with Crippen molar-refractivity contribution in [2.24, 2.45) is 0 Å². The summed E-state index contributed by atoms with van der Waals surface area (Å²) in [5.41, 5.74) is -2.20. The quantitative estimate of drug-likeness (QED) is 0.483. The van der Waals surface area contributed by atoms with E-state index in [-0.39, 0.29) is 12.5 Å². The van der Waals surface area contributed by atoms with Crippen LogP contribution >= 0.6 is 0 Å². The van der Waals surface area contributed by atoms with Crippen LogP contribution in [0.3, 0.4) is 0 Å². The average molecular weight is 190 g/mol. The van der Waals surface area contributed by atoms with Gasteiger partial charge in [0, 0.05) is 6.42 Å². The molecule has 0 aromatic carbocycles. The maximum atomic E-state index is 10.6. The first-order valence-electron chi connectivity index (χ1n) is 3.73. The largest absolute Gasteiger partial charge is 0.481 e. The molecular formula is C7H10O6. The lowest BCUT2D eigenvalue weighted by Crippen LogP contribution is -2.42. The molecule has 2 atom stereocenters. The molecule has 0 aromatic rings. The minimum Gasteiger partial charge on any atom is -0.481 e. The molecule has 0 bridgehead atoms. The summed E-state index contributed by atoms with van der Waals surface area (Å²) >= 11 is 0. The molecule has 1 aliphatic rings. The van der Waals surface area contributed by atoms with Crippen LogP contribution < -0.4 is 0 Å². The Balaban J connectivity index is 2.60. The van der Waals surface area contributed by atoms with Crippen LogP contribution in [0.2, 0.25) is 0 Å². The molecule has 0 aromatic heterocycles. The van der Waals surface area contributed by atoms with Crippen molar-refractivity contribution in [2.75, 3.05) is 6.61 Å². The molecular weight excluding hydrogens is 180 g/mol. The minimum absolute atomic E-state index is 0.172. The number of epoxide rings is 1. The van der Waals surface area contributed by atoms with Crippen molar-refractivity contribution >= 4 is 11.9 Å². The Bertz CT molecular complexity index is 233. The molecule has 2 unspecified atom stereocenters. The molecule has 0 aliphatic carbocycles. The van der Waals surface area contributed by atoms with Crippen LogP contribution in [0.15, 0.2) is 0 Å². The van der Waals surface area contributed by atoms with Crippen molar-refractivity contribution in [3.8, 4) is 0 Å². The summed E-state index contributed by atoms with van der Waals surface area (Å²) < 4.78 is 4.72. The zero-order valence-electron chi connectivity index (χ0n) is 6.77. The highest BCUT2D eigenvalue weighted by atomic mass is 16.6. The number of aliphatic hydroxyl groups is 1. The summed E-state index contributed by atoms with van der Waals surface area (Å²) in [5.74, 6) is -2.86. The van der Waals surface area contributed by atoms with Crippen LogP contribution in [-0.2, 0) is 14.3 Å². The predicted octanol–water partition coefficient (Wildman–Crippen LogP) is -0.934. The van der Waals surface area contributed by atoms with Crippen LogP contribution in [0.1, 0.15) is 12.8 Å². The molecule has 0 amide bonds. The van der Waals surface area contributed by atoms with Gasteiger partial charge in [0.25, 0.3) is 0 Å². The van der Waals surface area contributed by atoms with E-state index in [1.165, 1.54) is 0 Å². The van der Waals surface area contributed by atoms with Crippen molar-refractivity contribution in [1.82, 2.24) is 0 Å². The predicted molar refractivity (Wildman–Crippen MR) is 39.2 cm³/mol. The Morgan fingerprint density at radius 2 is 2.00 bits per heavy atom. The zero-order chi connectivity index (χ0) is 10.1. The van der Waals surface area contributed by atoms with E-state index in [4.69, 9.17) is 14.9 Å². The maximum absolute atomic E-state index is 10.6. The van der Waals surface area contributed by atoms with E-state index in [2.05, 4.69) is 0 Å². The lowest BCUT2D eigenvalue weighted by atomic mass is 9.94. The molecule has 0 radical (unpaired) electrons. The van der Waals surface area contributed by atoms with Crippen molar-refractivity contribution in [2.45, 2.75) is 24.5 Å². The van der Waals surface area contributed by atoms with Gasteiger partial charge in [0.15, 0.2) is 5.60 Å². The standard InChI is InChI=1S/C7H10O6/c8-5(9)2-7(12,6(10)11)1-4-3-13-4/h4,12H,1-3H2,(H,8,9)(H,10,11). The summed E-state index contributed by atoms with van der Waals surface area (Å²) in [5, 5.41) is 26.4. The molecule has 1 heterocycles. The maximum Gasteiger partial charge on any atom is 0.336 e. The van der Waals surface area contributed by atoms with Crippen LogP contribution in [0.25, 0.3) is 0 Å². The highest BCUT2D eigenvalue weighted by molar-refractivity contribution is 5.83. The van der Waals surface area contributed by atoms with Gasteiger partial charge in [-0.25, -0.2) is 4.79 Å². The van der Waals surface area contributed by atoms with Crippen molar-refractivity contribution in [1.29, 1.82) is 0 Å². The number of rotatable bonds is 5. The van der Waals surface area contributed by atoms with E-state index in [0.717, 1.165) is 0 Å². The molecule has 6 heteroatoms. The van der Waals surface area contributed by atoms with Crippen molar-refractivity contribution in [3.63, 3.8) is 0 Å². The number of aliphatic carboxylic acids is 2. The van der Waals surface area contributed by atoms with Crippen molar-refractivity contribution < 1.29 is 29.6 Å². The fourth-order valence-electron chi connectivity index (χ4n) is 1.05. The van der Waals surface area contributed by atoms with Crippen LogP contribution in [0.4, 0.5) is 0 Å². The highest BCUT2D eigenvalue weighted by Gasteiger charge is 2.44. The van der Waals surface area contributed by atoms with Crippen LogP contribution in [0.5, 0.6) is 0 Å². The van der Waals surface area contributed by atoms with Gasteiger partial charge in [-0.05, 0) is 0 Å². The molecule has 13 heavy (non-hydrogen) atoms. The molecule has 1 rings (SSSR count). The van der Waals surface area contributed by atoms with E-state index in [0.29, 0.717) is 6.61 Å². The number of hydrogen-bond donors (Lipinski definition) is 3. The first-order chi connectivity index (χ1) is 5.94. The Hall–Kier alpha value is -1.14. The summed E-state index contributed by atoms with van der Waals surface area (Å²) in [6.45, 7) is 0.384. The normalized spacial score (nSPS) is 24.8. The van der Waals surface area contributed by atoms with Gasteiger partial charge in [-0.3, -0.25) is 4.79 Å². The number of hydrogen-bond acceptors (Lipinski definition) is 4. The van der Waals surface area contributed by atoms with Gasteiger partial charge in [-0.2, -0.15) is 0 Å². The fraction of sp³-hybridized carbons (Fsp3) is 0.714. The second-order valence-electron chi connectivity index (χ2n) is 3.07. The smallest absolute Gasteiger partial charge is 0.336 e. The second-order valence-corrected chi connectivity index (χ2v) is 3.07. The van der Waals surface area contributed by atoms with E-state index in [1.54, 1.807) is 0 Å². The number of carbonyl (C=O) groups is 2. The SMILES string of the molecule is O=C(O)CC(O)(CC1CO1)C(=O)O. The lowest BCUT2D eigenvalue weighted by Gasteiger charge is -2.19. The van der Waals surface area contributed by atoms with Gasteiger partial charge in [-0.1, -0.05) is 0 Å². The molecule has 74 valence electrons. The molecule has 0 saturated carbocycles. The van der Waals surface area contributed by atoms with Gasteiger partial charge in [-0.15, -0.1) is 0 Å². The third kappa shape index (κ3) is 2.67. The van der Waals surface area contributed by atoms with E-state index >= 15 is 0 Å². The van der Waals surface area contributed by atoms with Gasteiger partial charge in [0.1, 0.15) is 0 Å². The molecule has 6 nitrogen and oxygen atoms in total. The first-order valence-corrected chi connectivity index (χ1v) is 3.73. The Morgan fingerprint density at radius 1 is 1.46 bits per heavy atom.